The molecule has 0 aromatic heterocycles. The van der Waals surface area contributed by atoms with Gasteiger partial charge in [0.25, 0.3) is 0 Å². The van der Waals surface area contributed by atoms with Gasteiger partial charge in [-0.05, 0) is 39.3 Å². The average Bonchev–Trinajstić information content (AvgIpc) is 2.71. The second-order valence-electron chi connectivity index (χ2n) is 5.58. The van der Waals surface area contributed by atoms with E-state index in [-0.39, 0.29) is 0 Å². The zero-order valence-corrected chi connectivity index (χ0v) is 17.9. The number of rotatable bonds is 8. The first-order valence-electron chi connectivity index (χ1n) is 9.54. The Balaban J connectivity index is 0. The molecule has 0 heterocycles. The lowest BCUT2D eigenvalue weighted by Gasteiger charge is -2.13. The summed E-state index contributed by atoms with van der Waals surface area (Å²) in [6.45, 7) is 20.2. The van der Waals surface area contributed by atoms with E-state index in [2.05, 4.69) is 56.0 Å². The first-order valence-corrected chi connectivity index (χ1v) is 9.54. The van der Waals surface area contributed by atoms with Gasteiger partial charge in [-0.25, -0.2) is 13.2 Å². The van der Waals surface area contributed by atoms with Gasteiger partial charge in [-0.1, -0.05) is 41.5 Å². The van der Waals surface area contributed by atoms with Crippen LogP contribution in [0, 0.1) is 29.1 Å². The summed E-state index contributed by atoms with van der Waals surface area (Å²) in [4.78, 5) is 4.75. The van der Waals surface area contributed by atoms with E-state index in [1.165, 1.54) is 39.3 Å². The highest BCUT2D eigenvalue weighted by Crippen LogP contribution is 2.28. The summed E-state index contributed by atoms with van der Waals surface area (Å²) in [5.74, 6) is -13.1. The minimum absolute atomic E-state index is 1.19. The highest BCUT2D eigenvalue weighted by atomic mass is 19.2. The molecule has 0 spiro atoms. The predicted molar refractivity (Wildman–Crippen MR) is 104 cm³/mol. The van der Waals surface area contributed by atoms with Gasteiger partial charge in [-0.15, -0.1) is 0 Å². The molecule has 0 aliphatic heterocycles. The molecule has 0 amide bonds. The summed E-state index contributed by atoms with van der Waals surface area (Å²) in [7, 11) is -2.70. The monoisotopic (exact) mass is 430 g/mol. The summed E-state index contributed by atoms with van der Waals surface area (Å²) < 4.78 is 66.3. The lowest BCUT2D eigenvalue weighted by Crippen LogP contribution is -2.23. The van der Waals surface area contributed by atoms with E-state index < -0.39 is 42.2 Å². The summed E-state index contributed by atoms with van der Waals surface area (Å²) in [5.41, 5.74) is 0. The van der Waals surface area contributed by atoms with Crippen LogP contribution in [0.15, 0.2) is 0 Å². The Morgan fingerprint density at radius 3 is 1.00 bits per heavy atom. The van der Waals surface area contributed by atoms with Gasteiger partial charge >= 0.3 is 7.32 Å². The molecule has 1 rings (SSSR count). The maximum Gasteiger partial charge on any atom is 0.707 e. The van der Waals surface area contributed by atoms with Crippen LogP contribution in [0.25, 0.3) is 0 Å². The van der Waals surface area contributed by atoms with Crippen LogP contribution in [-0.2, 0) is 0 Å². The van der Waals surface area contributed by atoms with E-state index in [0.29, 0.717) is 0 Å². The van der Waals surface area contributed by atoms with E-state index in [4.69, 9.17) is 10.0 Å². The fourth-order valence-corrected chi connectivity index (χ4v) is 2.14. The van der Waals surface area contributed by atoms with Crippen LogP contribution >= 0.6 is 0 Å². The van der Waals surface area contributed by atoms with Gasteiger partial charge in [0.05, 0.1) is 0 Å². The first kappa shape index (κ1) is 29.8. The van der Waals surface area contributed by atoms with Gasteiger partial charge in [0.15, 0.2) is 5.75 Å². The maximum atomic E-state index is 12.7. The van der Waals surface area contributed by atoms with Gasteiger partial charge in [0.2, 0.25) is 29.1 Å². The van der Waals surface area contributed by atoms with Gasteiger partial charge in [-0.3, -0.25) is 0 Å². The number of nitrogens with zero attached hydrogens (tertiary/aromatic N) is 2. The highest BCUT2D eigenvalue weighted by molar-refractivity contribution is 6.33. The summed E-state index contributed by atoms with van der Waals surface area (Å²) in [5, 5.41) is 16.3. The van der Waals surface area contributed by atoms with Gasteiger partial charge in [0, 0.05) is 0 Å². The summed E-state index contributed by atoms with van der Waals surface area (Å²) >= 11 is 0. The minimum Gasteiger partial charge on any atom is -0.507 e. The van der Waals surface area contributed by atoms with Crippen molar-refractivity contribution in [3.8, 4) is 5.75 Å². The van der Waals surface area contributed by atoms with Crippen LogP contribution in [0.4, 0.5) is 22.0 Å². The molecule has 5 nitrogen and oxygen atoms in total. The summed E-state index contributed by atoms with van der Waals surface area (Å²) in [6.07, 6.45) is 0. The largest absolute Gasteiger partial charge is 0.707 e. The molecule has 2 N–H and O–H groups in total. The molecular weight excluding hydrogens is 398 g/mol. The maximum absolute atomic E-state index is 12.7. The van der Waals surface area contributed by atoms with E-state index in [0.717, 1.165) is 0 Å². The minimum atomic E-state index is -2.70. The molecule has 0 fully saturated rings. The van der Waals surface area contributed by atoms with Crippen molar-refractivity contribution in [1.82, 2.24) is 9.80 Å². The molecule has 11 heteroatoms. The van der Waals surface area contributed by atoms with Gasteiger partial charge in [-0.2, -0.15) is 8.78 Å². The third-order valence-corrected chi connectivity index (χ3v) is 4.08. The van der Waals surface area contributed by atoms with Gasteiger partial charge < -0.3 is 24.5 Å². The van der Waals surface area contributed by atoms with Crippen molar-refractivity contribution in [2.75, 3.05) is 39.3 Å². The van der Waals surface area contributed by atoms with Crippen LogP contribution in [0.5, 0.6) is 5.75 Å². The van der Waals surface area contributed by atoms with Crippen LogP contribution in [0.1, 0.15) is 41.5 Å². The Morgan fingerprint density at radius 2 is 0.828 bits per heavy atom. The third kappa shape index (κ3) is 10.8. The molecular formula is C18H32BF5N2O3. The molecule has 0 saturated carbocycles. The second-order valence-corrected chi connectivity index (χ2v) is 5.58. The fraction of sp³-hybridized carbons (Fsp3) is 0.667. The number of benzene rings is 1. The number of hydrogen-bond donors (Lipinski definition) is 2. The molecule has 170 valence electrons. The standard InChI is InChI=1S/C6H2BF5O3.2C6H15N/c8-1-2(9)4(11)6(15-7(13)14)5(12)3(1)10;2*1-4-7(5-2)6-3/h13-14H;2*4-6H2,1-3H3. The van der Waals surface area contributed by atoms with E-state index in [1.54, 1.807) is 0 Å². The predicted octanol–water partition coefficient (Wildman–Crippen LogP) is 3.43. The lowest BCUT2D eigenvalue weighted by atomic mass is 10.2. The van der Waals surface area contributed by atoms with Crippen molar-refractivity contribution in [1.29, 1.82) is 0 Å². The number of halogens is 5. The van der Waals surface area contributed by atoms with E-state index in [1.807, 2.05) is 0 Å². The van der Waals surface area contributed by atoms with Crippen molar-refractivity contribution in [2.45, 2.75) is 41.5 Å². The Hall–Kier alpha value is -1.43. The molecule has 0 radical (unpaired) electrons. The Bertz CT molecular complexity index is 523. The smallest absolute Gasteiger partial charge is 0.507 e. The first-order chi connectivity index (χ1) is 13.6. The zero-order valence-electron chi connectivity index (χ0n) is 17.9. The van der Waals surface area contributed by atoms with Gasteiger partial charge in [0.1, 0.15) is 0 Å². The van der Waals surface area contributed by atoms with E-state index in [9.17, 15) is 22.0 Å². The molecule has 1 aromatic carbocycles. The van der Waals surface area contributed by atoms with Crippen LogP contribution in [-0.4, -0.2) is 66.4 Å². The Kier molecular flexibility index (Phi) is 16.8. The van der Waals surface area contributed by atoms with Crippen molar-refractivity contribution in [3.05, 3.63) is 29.1 Å². The van der Waals surface area contributed by atoms with Crippen molar-refractivity contribution < 1.29 is 36.7 Å². The normalized spacial score (nSPS) is 10.3. The molecule has 0 bridgehead atoms. The molecule has 0 aliphatic rings. The average molecular weight is 430 g/mol. The molecule has 0 saturated heterocycles. The van der Waals surface area contributed by atoms with Crippen molar-refractivity contribution in [3.63, 3.8) is 0 Å². The Morgan fingerprint density at radius 1 is 0.586 bits per heavy atom. The van der Waals surface area contributed by atoms with Crippen molar-refractivity contribution >= 4 is 7.32 Å². The third-order valence-electron chi connectivity index (χ3n) is 4.08. The quantitative estimate of drug-likeness (QED) is 0.287. The zero-order chi connectivity index (χ0) is 23.1. The highest BCUT2D eigenvalue weighted by Gasteiger charge is 2.29. The number of hydrogen-bond acceptors (Lipinski definition) is 5. The van der Waals surface area contributed by atoms with Crippen molar-refractivity contribution in [2.24, 2.45) is 0 Å². The van der Waals surface area contributed by atoms with Crippen LogP contribution in [0.2, 0.25) is 0 Å². The summed E-state index contributed by atoms with van der Waals surface area (Å²) in [6, 6.07) is 0. The molecule has 0 unspecified atom stereocenters. The SMILES string of the molecule is CCN(CC)CC.CCN(CC)CC.OB(O)Oc1c(F)c(F)c(F)c(F)c1F. The van der Waals surface area contributed by atoms with Crippen LogP contribution in [0.3, 0.4) is 0 Å². The second kappa shape index (κ2) is 16.4. The van der Waals surface area contributed by atoms with Crippen LogP contribution < -0.4 is 4.65 Å². The molecule has 0 aliphatic carbocycles. The Labute approximate surface area is 170 Å². The molecule has 1 aromatic rings. The molecule has 29 heavy (non-hydrogen) atoms. The molecule has 0 atom stereocenters. The topological polar surface area (TPSA) is 56.2 Å². The van der Waals surface area contributed by atoms with E-state index >= 15 is 0 Å². The lowest BCUT2D eigenvalue weighted by molar-refractivity contribution is 0.263. The fourth-order valence-electron chi connectivity index (χ4n) is 2.14.